The smallest absolute Gasteiger partial charge is 0.268 e. The molecule has 2 amide bonds. The van der Waals surface area contributed by atoms with Gasteiger partial charge >= 0.3 is 0 Å². The zero-order chi connectivity index (χ0) is 22.5. The second-order valence-electron chi connectivity index (χ2n) is 7.10. The van der Waals surface area contributed by atoms with Crippen LogP contribution in [0.1, 0.15) is 21.5 Å². The topological polar surface area (TPSA) is 74.0 Å². The molecule has 3 aromatic carbocycles. The first-order valence-electron chi connectivity index (χ1n) is 9.87. The highest BCUT2D eigenvalue weighted by atomic mass is 35.5. The van der Waals surface area contributed by atoms with Crippen LogP contribution >= 0.6 is 23.2 Å². The number of carbonyl (C=O) groups excluding carboxylic acids is 2. The number of hydrogen-bond donors (Lipinski definition) is 3. The predicted octanol–water partition coefficient (Wildman–Crippen LogP) is 5.56. The van der Waals surface area contributed by atoms with Gasteiger partial charge in [-0.2, -0.15) is 0 Å². The highest BCUT2D eigenvalue weighted by molar-refractivity contribution is 6.42. The largest absolute Gasteiger partial charge is 0.361 e. The number of H-pyrrole nitrogens is 1. The van der Waals surface area contributed by atoms with E-state index in [1.165, 1.54) is 0 Å². The van der Waals surface area contributed by atoms with Gasteiger partial charge < -0.3 is 15.6 Å². The Labute approximate surface area is 195 Å². The lowest BCUT2D eigenvalue weighted by atomic mass is 10.1. The summed E-state index contributed by atoms with van der Waals surface area (Å²) in [5, 5.41) is 7.36. The summed E-state index contributed by atoms with van der Waals surface area (Å²) in [7, 11) is 0. The van der Waals surface area contributed by atoms with Crippen molar-refractivity contribution >= 4 is 52.0 Å². The minimum absolute atomic E-state index is 0.128. The zero-order valence-corrected chi connectivity index (χ0v) is 18.4. The lowest BCUT2D eigenvalue weighted by Gasteiger charge is -2.12. The molecule has 3 N–H and O–H groups in total. The minimum Gasteiger partial charge on any atom is -0.361 e. The van der Waals surface area contributed by atoms with Gasteiger partial charge in [0.05, 0.1) is 10.0 Å². The molecule has 1 heterocycles. The van der Waals surface area contributed by atoms with E-state index in [2.05, 4.69) is 15.6 Å². The van der Waals surface area contributed by atoms with Gasteiger partial charge in [0.15, 0.2) is 0 Å². The molecule has 32 heavy (non-hydrogen) atoms. The van der Waals surface area contributed by atoms with Crippen molar-refractivity contribution in [3.63, 3.8) is 0 Å². The van der Waals surface area contributed by atoms with Gasteiger partial charge in [-0.25, -0.2) is 0 Å². The molecule has 160 valence electrons. The molecule has 0 unspecified atom stereocenters. The summed E-state index contributed by atoms with van der Waals surface area (Å²) in [4.78, 5) is 28.9. The zero-order valence-electron chi connectivity index (χ0n) is 16.9. The Bertz CT molecular complexity index is 1310. The number of benzene rings is 3. The normalized spacial score (nSPS) is 11.4. The van der Waals surface area contributed by atoms with E-state index in [0.717, 1.165) is 22.0 Å². The number of fused-ring (bicyclic) bond motifs is 1. The average Bonchev–Trinajstić information content (AvgIpc) is 3.22. The van der Waals surface area contributed by atoms with E-state index in [-0.39, 0.29) is 18.1 Å². The van der Waals surface area contributed by atoms with E-state index in [4.69, 9.17) is 23.2 Å². The maximum atomic E-state index is 13.0. The fourth-order valence-electron chi connectivity index (χ4n) is 3.24. The lowest BCUT2D eigenvalue weighted by molar-refractivity contribution is -0.117. The third kappa shape index (κ3) is 5.02. The Morgan fingerprint density at radius 3 is 2.44 bits per heavy atom. The van der Waals surface area contributed by atoms with Gasteiger partial charge in [-0.3, -0.25) is 9.59 Å². The van der Waals surface area contributed by atoms with Crippen LogP contribution < -0.4 is 10.6 Å². The fraction of sp³-hybridized carbons (Fsp3) is 0.0400. The monoisotopic (exact) mass is 463 g/mol. The molecule has 0 aliphatic heterocycles. The molecule has 0 saturated heterocycles. The number of nitrogens with one attached hydrogen (secondary N) is 3. The van der Waals surface area contributed by atoms with E-state index in [0.29, 0.717) is 15.6 Å². The van der Waals surface area contributed by atoms with E-state index < -0.39 is 5.91 Å². The number of para-hydroxylation sites is 1. The standard InChI is InChI=1S/C25H19Cl2N3O2/c26-20-11-10-16(12-21(20)27)14-29-25(32)23(30-24(31)17-6-2-1-3-7-17)13-18-15-28-22-9-5-4-8-19(18)22/h1-13,15,28H,14H2,(H,29,32)(H,30,31)/b23-13-. The number of hydrogen-bond acceptors (Lipinski definition) is 2. The summed E-state index contributed by atoms with van der Waals surface area (Å²) in [5.74, 6) is -0.799. The predicted molar refractivity (Wildman–Crippen MR) is 128 cm³/mol. The second kappa shape index (κ2) is 9.73. The van der Waals surface area contributed by atoms with Crippen LogP contribution in [0.5, 0.6) is 0 Å². The second-order valence-corrected chi connectivity index (χ2v) is 7.91. The number of aromatic nitrogens is 1. The third-order valence-corrected chi connectivity index (χ3v) is 5.63. The number of amides is 2. The van der Waals surface area contributed by atoms with Gasteiger partial charge in [0.1, 0.15) is 5.70 Å². The van der Waals surface area contributed by atoms with E-state index in [9.17, 15) is 9.59 Å². The highest BCUT2D eigenvalue weighted by Crippen LogP contribution is 2.23. The van der Waals surface area contributed by atoms with E-state index in [1.54, 1.807) is 54.7 Å². The van der Waals surface area contributed by atoms with Crippen molar-refractivity contribution in [1.82, 2.24) is 15.6 Å². The molecular weight excluding hydrogens is 445 g/mol. The number of rotatable bonds is 6. The first-order valence-corrected chi connectivity index (χ1v) is 10.6. The Kier molecular flexibility index (Phi) is 6.59. The molecule has 4 rings (SSSR count). The summed E-state index contributed by atoms with van der Waals surface area (Å²) in [6, 6.07) is 21.6. The first kappa shape index (κ1) is 21.7. The summed E-state index contributed by atoms with van der Waals surface area (Å²) < 4.78 is 0. The Hall–Kier alpha value is -3.54. The van der Waals surface area contributed by atoms with Crippen molar-refractivity contribution in [3.8, 4) is 0 Å². The SMILES string of the molecule is O=C(NCc1ccc(Cl)c(Cl)c1)/C(=C/c1c[nH]c2ccccc12)NC(=O)c1ccccc1. The van der Waals surface area contributed by atoms with Crippen LogP contribution in [0.3, 0.4) is 0 Å². The van der Waals surface area contributed by atoms with Crippen molar-refractivity contribution in [2.75, 3.05) is 0 Å². The van der Waals surface area contributed by atoms with E-state index >= 15 is 0 Å². The Morgan fingerprint density at radius 1 is 0.906 bits per heavy atom. The van der Waals surface area contributed by atoms with Crippen molar-refractivity contribution in [1.29, 1.82) is 0 Å². The van der Waals surface area contributed by atoms with E-state index in [1.807, 2.05) is 30.3 Å². The summed E-state index contributed by atoms with van der Waals surface area (Å²) in [6.07, 6.45) is 3.45. The Morgan fingerprint density at radius 2 is 1.66 bits per heavy atom. The number of carbonyl (C=O) groups is 2. The van der Waals surface area contributed by atoms with Gasteiger partial charge in [0, 0.05) is 34.8 Å². The molecule has 0 spiro atoms. The van der Waals surface area contributed by atoms with Gasteiger partial charge in [-0.15, -0.1) is 0 Å². The molecule has 0 saturated carbocycles. The summed E-state index contributed by atoms with van der Waals surface area (Å²) >= 11 is 12.0. The minimum atomic E-state index is -0.425. The van der Waals surface area contributed by atoms with Gasteiger partial charge in [-0.1, -0.05) is 65.7 Å². The maximum absolute atomic E-state index is 13.0. The quantitative estimate of drug-likeness (QED) is 0.327. The van der Waals surface area contributed by atoms with Crippen LogP contribution in [-0.2, 0) is 11.3 Å². The summed E-state index contributed by atoms with van der Waals surface area (Å²) in [6.45, 7) is 0.224. The number of halogens is 2. The average molecular weight is 464 g/mol. The molecule has 0 aliphatic rings. The lowest BCUT2D eigenvalue weighted by Crippen LogP contribution is -2.34. The highest BCUT2D eigenvalue weighted by Gasteiger charge is 2.16. The third-order valence-electron chi connectivity index (χ3n) is 4.89. The maximum Gasteiger partial charge on any atom is 0.268 e. The van der Waals surface area contributed by atoms with Gasteiger partial charge in [0.25, 0.3) is 11.8 Å². The summed E-state index contributed by atoms with van der Waals surface area (Å²) in [5.41, 5.74) is 3.09. The van der Waals surface area contributed by atoms with Crippen molar-refractivity contribution < 1.29 is 9.59 Å². The molecule has 7 heteroatoms. The van der Waals surface area contributed by atoms with Crippen LogP contribution in [-0.4, -0.2) is 16.8 Å². The van der Waals surface area contributed by atoms with Crippen LogP contribution in [0.4, 0.5) is 0 Å². The number of aromatic amines is 1. The Balaban J connectivity index is 1.61. The van der Waals surface area contributed by atoms with Gasteiger partial charge in [-0.05, 0) is 42.0 Å². The van der Waals surface area contributed by atoms with Gasteiger partial charge in [0.2, 0.25) is 0 Å². The van der Waals surface area contributed by atoms with Crippen LogP contribution in [0.25, 0.3) is 17.0 Å². The molecule has 5 nitrogen and oxygen atoms in total. The van der Waals surface area contributed by atoms with Crippen molar-refractivity contribution in [3.05, 3.63) is 111 Å². The molecule has 0 bridgehead atoms. The van der Waals surface area contributed by atoms with Crippen LogP contribution in [0.2, 0.25) is 10.0 Å². The molecular formula is C25H19Cl2N3O2. The molecule has 4 aromatic rings. The van der Waals surface area contributed by atoms with Crippen molar-refractivity contribution in [2.24, 2.45) is 0 Å². The molecule has 1 aromatic heterocycles. The molecule has 0 aliphatic carbocycles. The molecule has 0 radical (unpaired) electrons. The van der Waals surface area contributed by atoms with Crippen LogP contribution in [0, 0.1) is 0 Å². The van der Waals surface area contributed by atoms with Crippen molar-refractivity contribution in [2.45, 2.75) is 6.54 Å². The van der Waals surface area contributed by atoms with Crippen LogP contribution in [0.15, 0.2) is 84.7 Å². The first-order chi connectivity index (χ1) is 15.5. The molecule has 0 atom stereocenters. The molecule has 0 fully saturated rings. The fourth-order valence-corrected chi connectivity index (χ4v) is 3.56.